The van der Waals surface area contributed by atoms with Crippen LogP contribution in [0.2, 0.25) is 0 Å². The maximum atomic E-state index is 13.2. The zero-order chi connectivity index (χ0) is 23.4. The number of sulfonamides is 1. The Morgan fingerprint density at radius 2 is 1.56 bits per heavy atom. The first kappa shape index (κ1) is 26.5. The molecule has 178 valence electrons. The first-order chi connectivity index (χ1) is 15.4. The number of aliphatic hydroxyl groups is 2. The van der Waals surface area contributed by atoms with Gasteiger partial charge in [0.1, 0.15) is 0 Å². The van der Waals surface area contributed by atoms with Crippen molar-refractivity contribution in [2.24, 2.45) is 5.92 Å². The summed E-state index contributed by atoms with van der Waals surface area (Å²) in [7, 11) is -3.60. The normalized spacial score (nSPS) is 13.1. The van der Waals surface area contributed by atoms with Gasteiger partial charge in [0.25, 0.3) is 0 Å². The molecule has 1 atom stereocenters. The smallest absolute Gasteiger partial charge is 0.243 e. The zero-order valence-corrected chi connectivity index (χ0v) is 20.0. The number of hydrogen-bond donors (Lipinski definition) is 2. The summed E-state index contributed by atoms with van der Waals surface area (Å²) in [5.41, 5.74) is 1.74. The molecule has 32 heavy (non-hydrogen) atoms. The van der Waals surface area contributed by atoms with Crippen molar-refractivity contribution in [2.45, 2.75) is 63.7 Å². The Morgan fingerprint density at radius 3 is 2.16 bits per heavy atom. The molecule has 0 fully saturated rings. The van der Waals surface area contributed by atoms with Crippen LogP contribution >= 0.6 is 0 Å². The second-order valence-electron chi connectivity index (χ2n) is 8.49. The standard InChI is InChI=1S/C25H37NO5S/c1-21(2)15-17-26(32(29,30)25-13-11-22(18-27)12-14-25)16-7-6-10-24(19-28)31-20-23-8-4-3-5-9-23/h3-5,8-9,11-14,21,24,27-28H,6-7,10,15-20H2,1-2H3. The fourth-order valence-corrected chi connectivity index (χ4v) is 4.84. The molecule has 0 bridgehead atoms. The maximum Gasteiger partial charge on any atom is 0.243 e. The predicted molar refractivity (Wildman–Crippen MR) is 127 cm³/mol. The molecule has 2 aromatic rings. The first-order valence-electron chi connectivity index (χ1n) is 11.3. The van der Waals surface area contributed by atoms with Crippen LogP contribution in [0, 0.1) is 5.92 Å². The van der Waals surface area contributed by atoms with E-state index in [1.54, 1.807) is 28.6 Å². The highest BCUT2D eigenvalue weighted by Crippen LogP contribution is 2.19. The van der Waals surface area contributed by atoms with E-state index in [1.807, 2.05) is 30.3 Å². The van der Waals surface area contributed by atoms with E-state index >= 15 is 0 Å². The summed E-state index contributed by atoms with van der Waals surface area (Å²) in [5.74, 6) is 0.398. The number of rotatable bonds is 15. The van der Waals surface area contributed by atoms with Crippen molar-refractivity contribution in [1.29, 1.82) is 0 Å². The van der Waals surface area contributed by atoms with Crippen molar-refractivity contribution in [3.05, 3.63) is 65.7 Å². The van der Waals surface area contributed by atoms with Gasteiger partial charge in [-0.2, -0.15) is 4.31 Å². The number of ether oxygens (including phenoxy) is 1. The van der Waals surface area contributed by atoms with Crippen LogP contribution in [-0.4, -0.2) is 48.7 Å². The van der Waals surface area contributed by atoms with Gasteiger partial charge in [0.15, 0.2) is 0 Å². The molecule has 7 heteroatoms. The Morgan fingerprint density at radius 1 is 0.875 bits per heavy atom. The third-order valence-electron chi connectivity index (χ3n) is 5.42. The molecule has 0 saturated heterocycles. The molecule has 6 nitrogen and oxygen atoms in total. The Kier molecular flexibility index (Phi) is 11.3. The van der Waals surface area contributed by atoms with Crippen LogP contribution in [0.15, 0.2) is 59.5 Å². The molecule has 0 amide bonds. The van der Waals surface area contributed by atoms with E-state index < -0.39 is 10.0 Å². The average molecular weight is 464 g/mol. The first-order valence-corrected chi connectivity index (χ1v) is 12.8. The summed E-state index contributed by atoms with van der Waals surface area (Å²) < 4.78 is 33.7. The molecule has 2 rings (SSSR count). The number of aliphatic hydroxyl groups excluding tert-OH is 2. The zero-order valence-electron chi connectivity index (χ0n) is 19.2. The van der Waals surface area contributed by atoms with Crippen LogP contribution in [0.1, 0.15) is 50.7 Å². The van der Waals surface area contributed by atoms with Gasteiger partial charge in [-0.15, -0.1) is 0 Å². The molecule has 0 aromatic heterocycles. The largest absolute Gasteiger partial charge is 0.394 e. The number of hydrogen-bond acceptors (Lipinski definition) is 5. The number of nitrogens with zero attached hydrogens (tertiary/aromatic N) is 1. The molecule has 0 radical (unpaired) electrons. The van der Waals surface area contributed by atoms with Crippen molar-refractivity contribution < 1.29 is 23.4 Å². The van der Waals surface area contributed by atoms with Crippen molar-refractivity contribution in [1.82, 2.24) is 4.31 Å². The average Bonchev–Trinajstić information content (AvgIpc) is 2.80. The minimum absolute atomic E-state index is 0.0561. The van der Waals surface area contributed by atoms with Crippen molar-refractivity contribution in [3.8, 4) is 0 Å². The summed E-state index contributed by atoms with van der Waals surface area (Å²) in [6.45, 7) is 5.33. The Hall–Kier alpha value is -1.77. The SMILES string of the molecule is CC(C)CCN(CCCCC(CO)OCc1ccccc1)S(=O)(=O)c1ccc(CO)cc1. The van der Waals surface area contributed by atoms with Crippen LogP contribution in [0.3, 0.4) is 0 Å². The molecule has 0 spiro atoms. The van der Waals surface area contributed by atoms with Crippen LogP contribution < -0.4 is 0 Å². The van der Waals surface area contributed by atoms with E-state index in [1.165, 1.54) is 0 Å². The third-order valence-corrected chi connectivity index (χ3v) is 7.33. The van der Waals surface area contributed by atoms with Crippen LogP contribution in [-0.2, 0) is 28.0 Å². The molecule has 2 aromatic carbocycles. The molecule has 0 saturated carbocycles. The highest BCUT2D eigenvalue weighted by molar-refractivity contribution is 7.89. The topological polar surface area (TPSA) is 87.1 Å². The molecule has 1 unspecified atom stereocenters. The summed E-state index contributed by atoms with van der Waals surface area (Å²) >= 11 is 0. The second kappa shape index (κ2) is 13.7. The molecule has 2 N–H and O–H groups in total. The summed E-state index contributed by atoms with van der Waals surface area (Å²) in [6.07, 6.45) is 2.65. The van der Waals surface area contributed by atoms with E-state index in [9.17, 15) is 18.6 Å². The van der Waals surface area contributed by atoms with Gasteiger partial charge in [-0.25, -0.2) is 8.42 Å². The van der Waals surface area contributed by atoms with Crippen LogP contribution in [0.4, 0.5) is 0 Å². The molecule has 0 heterocycles. The van der Waals surface area contributed by atoms with Crippen molar-refractivity contribution in [2.75, 3.05) is 19.7 Å². The van der Waals surface area contributed by atoms with Gasteiger partial charge >= 0.3 is 0 Å². The van der Waals surface area contributed by atoms with Gasteiger partial charge in [-0.3, -0.25) is 0 Å². The Bertz CT molecular complexity index is 869. The minimum atomic E-state index is -3.60. The highest BCUT2D eigenvalue weighted by atomic mass is 32.2. The lowest BCUT2D eigenvalue weighted by molar-refractivity contribution is -0.00353. The van der Waals surface area contributed by atoms with Gasteiger partial charge in [0.2, 0.25) is 10.0 Å². The van der Waals surface area contributed by atoms with E-state index in [4.69, 9.17) is 4.74 Å². The fourth-order valence-electron chi connectivity index (χ4n) is 3.35. The second-order valence-corrected chi connectivity index (χ2v) is 10.4. The van der Waals surface area contributed by atoms with Crippen molar-refractivity contribution >= 4 is 10.0 Å². The molecular formula is C25H37NO5S. The van der Waals surface area contributed by atoms with Gasteiger partial charge < -0.3 is 14.9 Å². The molecular weight excluding hydrogens is 426 g/mol. The van der Waals surface area contributed by atoms with Crippen molar-refractivity contribution in [3.63, 3.8) is 0 Å². The molecule has 0 aliphatic heterocycles. The van der Waals surface area contributed by atoms with Gasteiger partial charge in [0.05, 0.1) is 30.8 Å². The summed E-state index contributed by atoms with van der Waals surface area (Å²) in [6, 6.07) is 16.2. The lowest BCUT2D eigenvalue weighted by atomic mass is 10.1. The van der Waals surface area contributed by atoms with E-state index in [-0.39, 0.29) is 24.2 Å². The van der Waals surface area contributed by atoms with E-state index in [0.29, 0.717) is 44.0 Å². The summed E-state index contributed by atoms with van der Waals surface area (Å²) in [5, 5.41) is 18.8. The van der Waals surface area contributed by atoms with E-state index in [0.717, 1.165) is 18.4 Å². The van der Waals surface area contributed by atoms with Gasteiger partial charge in [-0.05, 0) is 54.9 Å². The van der Waals surface area contributed by atoms with Crippen LogP contribution in [0.5, 0.6) is 0 Å². The molecule has 0 aliphatic carbocycles. The lowest BCUT2D eigenvalue weighted by Crippen LogP contribution is -2.33. The molecule has 0 aliphatic rings. The monoisotopic (exact) mass is 463 g/mol. The Labute approximate surface area is 192 Å². The minimum Gasteiger partial charge on any atom is -0.394 e. The van der Waals surface area contributed by atoms with Crippen LogP contribution in [0.25, 0.3) is 0 Å². The van der Waals surface area contributed by atoms with Gasteiger partial charge in [0, 0.05) is 13.1 Å². The summed E-state index contributed by atoms with van der Waals surface area (Å²) in [4.78, 5) is 0.248. The number of benzene rings is 2. The lowest BCUT2D eigenvalue weighted by Gasteiger charge is -2.24. The maximum absolute atomic E-state index is 13.2. The third kappa shape index (κ3) is 8.64. The quantitative estimate of drug-likeness (QED) is 0.390. The fraction of sp³-hybridized carbons (Fsp3) is 0.520. The number of unbranched alkanes of at least 4 members (excludes halogenated alkanes) is 1. The van der Waals surface area contributed by atoms with E-state index in [2.05, 4.69) is 13.8 Å². The Balaban J connectivity index is 1.91. The highest BCUT2D eigenvalue weighted by Gasteiger charge is 2.24. The predicted octanol–water partition coefficient (Wildman–Crippen LogP) is 3.96. The van der Waals surface area contributed by atoms with Gasteiger partial charge in [-0.1, -0.05) is 56.3 Å².